The molecule has 1 aliphatic heterocycles. The van der Waals surface area contributed by atoms with Crippen LogP contribution in [0.15, 0.2) is 22.7 Å². The van der Waals surface area contributed by atoms with Gasteiger partial charge < -0.3 is 10.5 Å². The largest absolute Gasteiger partial charge is 0.378 e. The molecule has 3 nitrogen and oxygen atoms in total. The lowest BCUT2D eigenvalue weighted by Crippen LogP contribution is -2.48. The second-order valence-corrected chi connectivity index (χ2v) is 5.99. The number of ether oxygens (including phenoxy) is 1. The van der Waals surface area contributed by atoms with Gasteiger partial charge in [0.15, 0.2) is 0 Å². The molecule has 2 rings (SSSR count). The maximum atomic E-state index is 6.04. The van der Waals surface area contributed by atoms with Gasteiger partial charge in [-0.1, -0.05) is 35.0 Å². The van der Waals surface area contributed by atoms with Gasteiger partial charge in [0, 0.05) is 29.6 Å². The van der Waals surface area contributed by atoms with Crippen LogP contribution in [0.4, 0.5) is 0 Å². The number of aryl methyl sites for hydroxylation is 1. The van der Waals surface area contributed by atoms with Crippen molar-refractivity contribution in [1.29, 1.82) is 0 Å². The molecule has 4 heteroatoms. The van der Waals surface area contributed by atoms with Crippen molar-refractivity contribution in [3.8, 4) is 0 Å². The quantitative estimate of drug-likeness (QED) is 0.924. The highest BCUT2D eigenvalue weighted by Gasteiger charge is 2.28. The Hall–Kier alpha value is -0.420. The smallest absolute Gasteiger partial charge is 0.0622 e. The van der Waals surface area contributed by atoms with Crippen molar-refractivity contribution in [3.63, 3.8) is 0 Å². The summed E-state index contributed by atoms with van der Waals surface area (Å²) in [7, 11) is 0. The molecule has 2 unspecified atom stereocenters. The van der Waals surface area contributed by atoms with Crippen molar-refractivity contribution in [2.24, 2.45) is 5.73 Å². The highest BCUT2D eigenvalue weighted by Crippen LogP contribution is 2.28. The molecule has 2 N–H and O–H groups in total. The molecule has 0 bridgehead atoms. The molecule has 0 saturated carbocycles. The zero-order valence-corrected chi connectivity index (χ0v) is 13.3. The van der Waals surface area contributed by atoms with Gasteiger partial charge >= 0.3 is 0 Å². The van der Waals surface area contributed by atoms with E-state index in [1.807, 2.05) is 0 Å². The first-order valence-corrected chi connectivity index (χ1v) is 7.76. The summed E-state index contributed by atoms with van der Waals surface area (Å²) in [6.07, 6.45) is 1.10. The van der Waals surface area contributed by atoms with Gasteiger partial charge in [0.1, 0.15) is 0 Å². The number of nitrogens with zero attached hydrogens (tertiary/aromatic N) is 1. The van der Waals surface area contributed by atoms with Gasteiger partial charge in [0.2, 0.25) is 0 Å². The average molecular weight is 327 g/mol. The van der Waals surface area contributed by atoms with E-state index in [0.717, 1.165) is 30.7 Å². The van der Waals surface area contributed by atoms with Crippen LogP contribution in [0.25, 0.3) is 0 Å². The molecule has 1 aromatic rings. The molecule has 1 saturated heterocycles. The molecule has 1 heterocycles. The third kappa shape index (κ3) is 3.37. The Bertz CT molecular complexity index is 425. The summed E-state index contributed by atoms with van der Waals surface area (Å²) in [4.78, 5) is 2.50. The molecule has 1 fully saturated rings. The zero-order valence-electron chi connectivity index (χ0n) is 11.7. The topological polar surface area (TPSA) is 38.5 Å². The van der Waals surface area contributed by atoms with Crippen molar-refractivity contribution in [3.05, 3.63) is 33.8 Å². The summed E-state index contributed by atoms with van der Waals surface area (Å²) in [6.45, 7) is 7.55. The van der Waals surface area contributed by atoms with Crippen molar-refractivity contribution < 1.29 is 4.74 Å². The normalized spacial score (nSPS) is 22.4. The Morgan fingerprint density at radius 1 is 1.53 bits per heavy atom. The number of hydrogen-bond donors (Lipinski definition) is 1. The van der Waals surface area contributed by atoms with Gasteiger partial charge in [-0.3, -0.25) is 4.90 Å². The van der Waals surface area contributed by atoms with E-state index >= 15 is 0 Å². The van der Waals surface area contributed by atoms with E-state index in [1.165, 1.54) is 11.1 Å². The fraction of sp³-hybridized carbons (Fsp3) is 0.600. The molecule has 2 atom stereocenters. The van der Waals surface area contributed by atoms with Crippen molar-refractivity contribution in [1.82, 2.24) is 4.90 Å². The van der Waals surface area contributed by atoms with Crippen LogP contribution in [0.3, 0.4) is 0 Å². The molecule has 0 radical (unpaired) electrons. The molecule has 19 heavy (non-hydrogen) atoms. The number of hydrogen-bond acceptors (Lipinski definition) is 3. The Labute approximate surface area is 124 Å². The summed E-state index contributed by atoms with van der Waals surface area (Å²) in [6, 6.07) is 7.31. The average Bonchev–Trinajstić information content (AvgIpc) is 2.44. The lowest BCUT2D eigenvalue weighted by molar-refractivity contribution is -0.0291. The first-order valence-electron chi connectivity index (χ1n) is 6.97. The van der Waals surface area contributed by atoms with E-state index in [1.54, 1.807) is 0 Å². The van der Waals surface area contributed by atoms with E-state index < -0.39 is 0 Å². The molecule has 0 aromatic heterocycles. The minimum absolute atomic E-state index is 0.283. The third-order valence-corrected chi connectivity index (χ3v) is 4.80. The minimum atomic E-state index is 0.283. The summed E-state index contributed by atoms with van der Waals surface area (Å²) < 4.78 is 6.74. The van der Waals surface area contributed by atoms with Crippen LogP contribution in [-0.2, 0) is 4.74 Å². The standard InChI is InChI=1S/C15H23BrN2O/c1-3-13-10-19-7-6-18(13)15(9-17)12-5-4-11(2)14(16)8-12/h4-5,8,13,15H,3,6-7,9-10,17H2,1-2H3. The van der Waals surface area contributed by atoms with Crippen LogP contribution in [0.1, 0.15) is 30.5 Å². The van der Waals surface area contributed by atoms with E-state index in [-0.39, 0.29) is 6.04 Å². The summed E-state index contributed by atoms with van der Waals surface area (Å²) in [5.41, 5.74) is 8.59. The van der Waals surface area contributed by atoms with Crippen LogP contribution in [0.2, 0.25) is 0 Å². The maximum Gasteiger partial charge on any atom is 0.0622 e. The highest BCUT2D eigenvalue weighted by atomic mass is 79.9. The van der Waals surface area contributed by atoms with E-state index in [9.17, 15) is 0 Å². The van der Waals surface area contributed by atoms with Gasteiger partial charge in [-0.25, -0.2) is 0 Å². The predicted octanol–water partition coefficient (Wildman–Crippen LogP) is 2.87. The van der Waals surface area contributed by atoms with Crippen molar-refractivity contribution in [2.45, 2.75) is 32.4 Å². The minimum Gasteiger partial charge on any atom is -0.378 e. The van der Waals surface area contributed by atoms with Gasteiger partial charge in [-0.2, -0.15) is 0 Å². The molecular formula is C15H23BrN2O. The van der Waals surface area contributed by atoms with Crippen LogP contribution in [0.5, 0.6) is 0 Å². The van der Waals surface area contributed by atoms with Gasteiger partial charge in [0.25, 0.3) is 0 Å². The molecule has 106 valence electrons. The number of benzene rings is 1. The lowest BCUT2D eigenvalue weighted by atomic mass is 10.0. The van der Waals surface area contributed by atoms with E-state index in [4.69, 9.17) is 10.5 Å². The Kier molecular flexibility index (Phi) is 5.39. The molecule has 0 aliphatic carbocycles. The summed E-state index contributed by atoms with van der Waals surface area (Å²) in [5.74, 6) is 0. The van der Waals surface area contributed by atoms with Crippen LogP contribution >= 0.6 is 15.9 Å². The van der Waals surface area contributed by atoms with Crippen LogP contribution < -0.4 is 5.73 Å². The third-order valence-electron chi connectivity index (χ3n) is 3.95. The van der Waals surface area contributed by atoms with E-state index in [0.29, 0.717) is 12.6 Å². The fourth-order valence-corrected chi connectivity index (χ4v) is 3.11. The second-order valence-electron chi connectivity index (χ2n) is 5.13. The van der Waals surface area contributed by atoms with Crippen molar-refractivity contribution >= 4 is 15.9 Å². The Morgan fingerprint density at radius 2 is 2.32 bits per heavy atom. The summed E-state index contributed by atoms with van der Waals surface area (Å²) >= 11 is 3.62. The highest BCUT2D eigenvalue weighted by molar-refractivity contribution is 9.10. The fourth-order valence-electron chi connectivity index (χ4n) is 2.71. The number of rotatable bonds is 4. The maximum absolute atomic E-state index is 6.04. The SMILES string of the molecule is CCC1COCCN1C(CN)c1ccc(C)c(Br)c1. The Balaban J connectivity index is 2.24. The van der Waals surface area contributed by atoms with Gasteiger partial charge in [-0.15, -0.1) is 0 Å². The van der Waals surface area contributed by atoms with Gasteiger partial charge in [-0.05, 0) is 30.5 Å². The first kappa shape index (κ1) is 15.0. The number of morpholine rings is 1. The Morgan fingerprint density at radius 3 is 2.95 bits per heavy atom. The van der Waals surface area contributed by atoms with Crippen LogP contribution in [-0.4, -0.2) is 37.2 Å². The molecular weight excluding hydrogens is 304 g/mol. The lowest BCUT2D eigenvalue weighted by Gasteiger charge is -2.40. The molecule has 0 amide bonds. The molecule has 1 aromatic carbocycles. The van der Waals surface area contributed by atoms with Crippen LogP contribution in [0, 0.1) is 6.92 Å². The zero-order chi connectivity index (χ0) is 13.8. The van der Waals surface area contributed by atoms with Gasteiger partial charge in [0.05, 0.1) is 13.2 Å². The number of nitrogens with two attached hydrogens (primary N) is 1. The van der Waals surface area contributed by atoms with Crippen molar-refractivity contribution in [2.75, 3.05) is 26.3 Å². The molecule has 0 spiro atoms. The predicted molar refractivity (Wildman–Crippen MR) is 82.3 cm³/mol. The monoisotopic (exact) mass is 326 g/mol. The first-order chi connectivity index (χ1) is 9.17. The summed E-state index contributed by atoms with van der Waals surface area (Å²) in [5, 5.41) is 0. The van der Waals surface area contributed by atoms with E-state index in [2.05, 4.69) is 52.9 Å². The molecule has 1 aliphatic rings. The second kappa shape index (κ2) is 6.84. The number of halogens is 1.